The molecule has 1 aliphatic rings. The molecule has 0 aliphatic carbocycles. The Bertz CT molecular complexity index is 440. The van der Waals surface area contributed by atoms with Gasteiger partial charge in [0.2, 0.25) is 0 Å². The van der Waals surface area contributed by atoms with E-state index < -0.39 is 17.4 Å². The number of benzene rings is 1. The largest absolute Gasteiger partial charge is 0.462 e. The highest BCUT2D eigenvalue weighted by atomic mass is 19.1. The summed E-state index contributed by atoms with van der Waals surface area (Å²) in [7, 11) is 0. The van der Waals surface area contributed by atoms with Crippen molar-refractivity contribution in [2.45, 2.75) is 12.5 Å². The number of aliphatic hydroxyl groups is 1. The Kier molecular flexibility index (Phi) is 3.13. The van der Waals surface area contributed by atoms with Gasteiger partial charge in [-0.25, -0.2) is 9.18 Å². The quantitative estimate of drug-likeness (QED) is 0.807. The molecule has 0 amide bonds. The Labute approximate surface area is 98.0 Å². The smallest absolute Gasteiger partial charge is 0.338 e. The fourth-order valence-electron chi connectivity index (χ4n) is 1.65. The summed E-state index contributed by atoms with van der Waals surface area (Å²) in [4.78, 5) is 11.5. The molecule has 0 spiro atoms. The van der Waals surface area contributed by atoms with Gasteiger partial charge in [0, 0.05) is 0 Å². The van der Waals surface area contributed by atoms with Gasteiger partial charge in [0.15, 0.2) is 0 Å². The van der Waals surface area contributed by atoms with Crippen LogP contribution in [0.3, 0.4) is 0 Å². The van der Waals surface area contributed by atoms with Crippen molar-refractivity contribution in [3.05, 3.63) is 35.1 Å². The molecule has 1 heterocycles. The molecule has 1 N–H and O–H groups in total. The summed E-state index contributed by atoms with van der Waals surface area (Å²) < 4.78 is 23.0. The van der Waals surface area contributed by atoms with Gasteiger partial charge in [-0.2, -0.15) is 0 Å². The fourth-order valence-corrected chi connectivity index (χ4v) is 1.65. The number of hydrogen-bond acceptors (Lipinski definition) is 4. The molecule has 5 heteroatoms. The summed E-state index contributed by atoms with van der Waals surface area (Å²) in [6.07, 6.45) is 0. The summed E-state index contributed by atoms with van der Waals surface area (Å²) >= 11 is 0. The molecule has 1 aromatic carbocycles. The van der Waals surface area contributed by atoms with E-state index in [0.29, 0.717) is 5.56 Å². The van der Waals surface area contributed by atoms with E-state index in [1.807, 2.05) is 0 Å². The molecule has 1 saturated heterocycles. The first-order valence-corrected chi connectivity index (χ1v) is 5.33. The van der Waals surface area contributed by atoms with Crippen molar-refractivity contribution in [3.63, 3.8) is 0 Å². The second-order valence-electron chi connectivity index (χ2n) is 3.97. The van der Waals surface area contributed by atoms with Crippen molar-refractivity contribution in [1.82, 2.24) is 0 Å². The molecule has 17 heavy (non-hydrogen) atoms. The lowest BCUT2D eigenvalue weighted by Gasteiger charge is -2.36. The van der Waals surface area contributed by atoms with Crippen LogP contribution in [0.15, 0.2) is 18.2 Å². The van der Waals surface area contributed by atoms with E-state index in [-0.39, 0.29) is 25.4 Å². The molecule has 0 saturated carbocycles. The minimum absolute atomic E-state index is 0.0992. The van der Waals surface area contributed by atoms with Crippen molar-refractivity contribution < 1.29 is 23.8 Å². The fraction of sp³-hybridized carbons (Fsp3) is 0.417. The molecule has 1 aromatic rings. The molecule has 0 atom stereocenters. The van der Waals surface area contributed by atoms with Crippen molar-refractivity contribution in [2.24, 2.45) is 0 Å². The predicted octanol–water partition coefficient (Wildman–Crippen LogP) is 1.22. The van der Waals surface area contributed by atoms with E-state index in [1.165, 1.54) is 12.1 Å². The molecular formula is C12H13FO4. The van der Waals surface area contributed by atoms with Crippen LogP contribution < -0.4 is 0 Å². The molecule has 0 aromatic heterocycles. The van der Waals surface area contributed by atoms with Crippen molar-refractivity contribution >= 4 is 5.97 Å². The van der Waals surface area contributed by atoms with Crippen LogP contribution in [0.25, 0.3) is 0 Å². The first-order valence-electron chi connectivity index (χ1n) is 5.33. The van der Waals surface area contributed by atoms with E-state index in [1.54, 1.807) is 6.92 Å². The van der Waals surface area contributed by atoms with Gasteiger partial charge in [-0.3, -0.25) is 0 Å². The zero-order valence-corrected chi connectivity index (χ0v) is 9.40. The Morgan fingerprint density at radius 3 is 2.76 bits per heavy atom. The maximum atomic E-state index is 13.4. The van der Waals surface area contributed by atoms with Gasteiger partial charge in [-0.1, -0.05) is 0 Å². The number of hydrogen-bond donors (Lipinski definition) is 1. The van der Waals surface area contributed by atoms with Gasteiger partial charge < -0.3 is 14.6 Å². The lowest BCUT2D eigenvalue weighted by Crippen LogP contribution is -2.46. The van der Waals surface area contributed by atoms with Crippen molar-refractivity contribution in [1.29, 1.82) is 0 Å². The minimum Gasteiger partial charge on any atom is -0.462 e. The number of carbonyl (C=O) groups excluding carboxylic acids is 1. The Balaban J connectivity index is 2.32. The monoisotopic (exact) mass is 240 g/mol. The highest BCUT2D eigenvalue weighted by molar-refractivity contribution is 5.89. The molecule has 1 aliphatic heterocycles. The first kappa shape index (κ1) is 12.0. The number of rotatable bonds is 3. The SMILES string of the molecule is CCOC(=O)c1cc(F)cc(C2(O)COC2)c1. The van der Waals surface area contributed by atoms with Crippen LogP contribution in [0.4, 0.5) is 4.39 Å². The first-order chi connectivity index (χ1) is 8.05. The van der Waals surface area contributed by atoms with E-state index in [0.717, 1.165) is 6.07 Å². The summed E-state index contributed by atoms with van der Waals surface area (Å²) in [5, 5.41) is 10.00. The van der Waals surface area contributed by atoms with Crippen LogP contribution in [0.2, 0.25) is 0 Å². The van der Waals surface area contributed by atoms with Crippen LogP contribution >= 0.6 is 0 Å². The average molecular weight is 240 g/mol. The third kappa shape index (κ3) is 2.30. The highest BCUT2D eigenvalue weighted by Gasteiger charge is 2.38. The number of ether oxygens (including phenoxy) is 2. The lowest BCUT2D eigenvalue weighted by molar-refractivity contribution is -0.184. The van der Waals surface area contributed by atoms with E-state index in [9.17, 15) is 14.3 Å². The molecule has 0 radical (unpaired) electrons. The third-order valence-electron chi connectivity index (χ3n) is 2.63. The summed E-state index contributed by atoms with van der Waals surface area (Å²) in [6, 6.07) is 3.72. The molecule has 1 fully saturated rings. The molecule has 4 nitrogen and oxygen atoms in total. The summed E-state index contributed by atoms with van der Waals surface area (Å²) in [6.45, 7) is 2.11. The summed E-state index contributed by atoms with van der Waals surface area (Å²) in [5.41, 5.74) is -0.752. The maximum absolute atomic E-state index is 13.4. The molecule has 0 unspecified atom stereocenters. The number of carbonyl (C=O) groups is 1. The van der Waals surface area contributed by atoms with Gasteiger partial charge in [-0.05, 0) is 30.7 Å². The minimum atomic E-state index is -1.19. The highest BCUT2D eigenvalue weighted by Crippen LogP contribution is 2.30. The lowest BCUT2D eigenvalue weighted by atomic mass is 9.91. The second kappa shape index (κ2) is 4.43. The van der Waals surface area contributed by atoms with Crippen molar-refractivity contribution in [3.8, 4) is 0 Å². The number of esters is 1. The maximum Gasteiger partial charge on any atom is 0.338 e. The number of halogens is 1. The Hall–Kier alpha value is -1.46. The molecule has 2 rings (SSSR count). The Morgan fingerprint density at radius 1 is 1.53 bits per heavy atom. The van der Waals surface area contributed by atoms with Crippen molar-refractivity contribution in [2.75, 3.05) is 19.8 Å². The van der Waals surface area contributed by atoms with E-state index >= 15 is 0 Å². The molecule has 92 valence electrons. The second-order valence-corrected chi connectivity index (χ2v) is 3.97. The van der Waals surface area contributed by atoms with E-state index in [2.05, 4.69) is 0 Å². The van der Waals surface area contributed by atoms with Gasteiger partial charge in [0.05, 0.1) is 25.4 Å². The zero-order valence-electron chi connectivity index (χ0n) is 9.40. The van der Waals surface area contributed by atoms with E-state index in [4.69, 9.17) is 9.47 Å². The van der Waals surface area contributed by atoms with Gasteiger partial charge in [0.1, 0.15) is 11.4 Å². The average Bonchev–Trinajstić information content (AvgIpc) is 2.25. The van der Waals surface area contributed by atoms with Gasteiger partial charge in [-0.15, -0.1) is 0 Å². The van der Waals surface area contributed by atoms with Crippen LogP contribution in [0.5, 0.6) is 0 Å². The van der Waals surface area contributed by atoms with Crippen LogP contribution in [0.1, 0.15) is 22.8 Å². The predicted molar refractivity (Wildman–Crippen MR) is 57.1 cm³/mol. The molecule has 0 bridgehead atoms. The van der Waals surface area contributed by atoms with Crippen LogP contribution in [0, 0.1) is 5.82 Å². The topological polar surface area (TPSA) is 55.8 Å². The molecular weight excluding hydrogens is 227 g/mol. The third-order valence-corrected chi connectivity index (χ3v) is 2.63. The Morgan fingerprint density at radius 2 is 2.24 bits per heavy atom. The zero-order chi connectivity index (χ0) is 12.5. The van der Waals surface area contributed by atoms with Gasteiger partial charge in [0.25, 0.3) is 0 Å². The summed E-state index contributed by atoms with van der Waals surface area (Å²) in [5.74, 6) is -1.18. The van der Waals surface area contributed by atoms with Gasteiger partial charge >= 0.3 is 5.97 Å². The van der Waals surface area contributed by atoms with Crippen LogP contribution in [-0.2, 0) is 15.1 Å². The standard InChI is InChI=1S/C12H13FO4/c1-2-17-11(14)8-3-9(5-10(13)4-8)12(15)6-16-7-12/h3-5,15H,2,6-7H2,1H3. The normalized spacial score (nSPS) is 17.4. The van der Waals surface area contributed by atoms with Crippen LogP contribution in [-0.4, -0.2) is 30.9 Å².